The van der Waals surface area contributed by atoms with Crippen LogP contribution in [0.15, 0.2) is 12.7 Å². The Balaban J connectivity index is 4.36. The van der Waals surface area contributed by atoms with Gasteiger partial charge in [0.1, 0.15) is 5.78 Å². The highest BCUT2D eigenvalue weighted by Gasteiger charge is 2.31. The van der Waals surface area contributed by atoms with Crippen molar-refractivity contribution < 1.29 is 13.6 Å². The molecule has 0 saturated carbocycles. The van der Waals surface area contributed by atoms with E-state index in [2.05, 4.69) is 6.58 Å². The number of rotatable bonds is 7. The standard InChI is InChI=1S/C8H18NO3P/c1-4-7-8(9)13(10,11-5-2)12-6-3/h4,8H,1,5-7,9H2,2-3H3. The molecule has 0 rings (SSSR count). The molecule has 78 valence electrons. The van der Waals surface area contributed by atoms with E-state index in [9.17, 15) is 4.57 Å². The highest BCUT2D eigenvalue weighted by Crippen LogP contribution is 2.51. The van der Waals surface area contributed by atoms with Gasteiger partial charge in [-0.25, -0.2) is 0 Å². The van der Waals surface area contributed by atoms with Gasteiger partial charge in [0.05, 0.1) is 13.2 Å². The molecule has 5 heteroatoms. The zero-order chi connectivity index (χ0) is 10.3. The molecule has 0 spiro atoms. The Labute approximate surface area is 79.6 Å². The largest absolute Gasteiger partial charge is 0.347 e. The van der Waals surface area contributed by atoms with Crippen molar-refractivity contribution in [3.8, 4) is 0 Å². The van der Waals surface area contributed by atoms with Crippen molar-refractivity contribution >= 4 is 7.60 Å². The van der Waals surface area contributed by atoms with Crippen LogP contribution < -0.4 is 5.73 Å². The summed E-state index contributed by atoms with van der Waals surface area (Å²) in [5, 5.41) is 0. The predicted molar refractivity (Wildman–Crippen MR) is 53.6 cm³/mol. The third-order valence-electron chi connectivity index (χ3n) is 1.43. The summed E-state index contributed by atoms with van der Waals surface area (Å²) in [6, 6.07) is 0. The Morgan fingerprint density at radius 3 is 2.23 bits per heavy atom. The molecule has 0 heterocycles. The van der Waals surface area contributed by atoms with E-state index < -0.39 is 13.4 Å². The summed E-state index contributed by atoms with van der Waals surface area (Å²) < 4.78 is 22.0. The van der Waals surface area contributed by atoms with Crippen molar-refractivity contribution in [3.63, 3.8) is 0 Å². The third kappa shape index (κ3) is 4.05. The van der Waals surface area contributed by atoms with Crippen molar-refractivity contribution in [3.05, 3.63) is 12.7 Å². The quantitative estimate of drug-likeness (QED) is 0.513. The van der Waals surface area contributed by atoms with Crippen LogP contribution in [0.3, 0.4) is 0 Å². The lowest BCUT2D eigenvalue weighted by atomic mass is 10.4. The number of hydrogen-bond donors (Lipinski definition) is 1. The monoisotopic (exact) mass is 207 g/mol. The van der Waals surface area contributed by atoms with Gasteiger partial charge in [-0.1, -0.05) is 6.08 Å². The van der Waals surface area contributed by atoms with Crippen molar-refractivity contribution in [2.75, 3.05) is 13.2 Å². The SMILES string of the molecule is C=CCC(N)P(=O)(OCC)OCC. The molecule has 4 nitrogen and oxygen atoms in total. The zero-order valence-corrected chi connectivity index (χ0v) is 9.13. The fraction of sp³-hybridized carbons (Fsp3) is 0.750. The molecule has 0 aromatic rings. The average molecular weight is 207 g/mol. The van der Waals surface area contributed by atoms with E-state index in [1.165, 1.54) is 0 Å². The lowest BCUT2D eigenvalue weighted by molar-refractivity contribution is 0.212. The van der Waals surface area contributed by atoms with E-state index in [1.54, 1.807) is 19.9 Å². The molecule has 2 N–H and O–H groups in total. The third-order valence-corrected chi connectivity index (χ3v) is 3.69. The highest BCUT2D eigenvalue weighted by atomic mass is 31.2. The van der Waals surface area contributed by atoms with E-state index in [0.29, 0.717) is 19.6 Å². The summed E-state index contributed by atoms with van der Waals surface area (Å²) in [5.41, 5.74) is 5.65. The predicted octanol–water partition coefficient (Wildman–Crippen LogP) is 2.11. The van der Waals surface area contributed by atoms with Crippen molar-refractivity contribution in [2.24, 2.45) is 5.73 Å². The highest BCUT2D eigenvalue weighted by molar-refractivity contribution is 7.54. The maximum atomic E-state index is 11.9. The molecule has 1 unspecified atom stereocenters. The lowest BCUT2D eigenvalue weighted by Crippen LogP contribution is -2.22. The van der Waals surface area contributed by atoms with Crippen molar-refractivity contribution in [1.82, 2.24) is 0 Å². The fourth-order valence-electron chi connectivity index (χ4n) is 0.888. The van der Waals surface area contributed by atoms with Crippen LogP contribution in [-0.2, 0) is 13.6 Å². The fourth-order valence-corrected chi connectivity index (χ4v) is 2.47. The van der Waals surface area contributed by atoms with E-state index >= 15 is 0 Å². The molecule has 0 amide bonds. The number of nitrogens with two attached hydrogens (primary N) is 1. The molecule has 0 radical (unpaired) electrons. The van der Waals surface area contributed by atoms with E-state index in [1.807, 2.05) is 0 Å². The Morgan fingerprint density at radius 2 is 1.92 bits per heavy atom. The first-order valence-corrected chi connectivity index (χ1v) is 5.97. The molecule has 0 saturated heterocycles. The second-order valence-corrected chi connectivity index (χ2v) is 4.73. The average Bonchev–Trinajstić information content (AvgIpc) is 2.05. The first-order chi connectivity index (χ1) is 6.10. The Bertz CT molecular complexity index is 186. The molecule has 0 bridgehead atoms. The molecule has 0 fully saturated rings. The normalized spacial score (nSPS) is 14.1. The van der Waals surface area contributed by atoms with Crippen LogP contribution in [0.4, 0.5) is 0 Å². The number of hydrogen-bond acceptors (Lipinski definition) is 4. The van der Waals surface area contributed by atoms with Crippen LogP contribution in [0.5, 0.6) is 0 Å². The van der Waals surface area contributed by atoms with E-state index in [0.717, 1.165) is 0 Å². The molecule has 0 aromatic carbocycles. The van der Waals surface area contributed by atoms with Crippen molar-refractivity contribution in [2.45, 2.75) is 26.1 Å². The Morgan fingerprint density at radius 1 is 1.46 bits per heavy atom. The Hall–Kier alpha value is -0.150. The van der Waals surface area contributed by atoms with Gasteiger partial charge in [0, 0.05) is 0 Å². The molecule has 1 atom stereocenters. The maximum absolute atomic E-state index is 11.9. The summed E-state index contributed by atoms with van der Waals surface area (Å²) >= 11 is 0. The van der Waals surface area contributed by atoms with Crippen LogP contribution >= 0.6 is 7.60 Å². The summed E-state index contributed by atoms with van der Waals surface area (Å²) in [4.78, 5) is 0. The molecule has 0 aliphatic carbocycles. The first kappa shape index (κ1) is 12.8. The second-order valence-electron chi connectivity index (χ2n) is 2.47. The zero-order valence-electron chi connectivity index (χ0n) is 8.23. The van der Waals surface area contributed by atoms with Crippen molar-refractivity contribution in [1.29, 1.82) is 0 Å². The minimum absolute atomic E-state index is 0.335. The van der Waals surface area contributed by atoms with Gasteiger partial charge in [-0.15, -0.1) is 6.58 Å². The smallest absolute Gasteiger partial charge is 0.317 e. The molecule has 0 aliphatic rings. The van der Waals surface area contributed by atoms with Gasteiger partial charge in [0.15, 0.2) is 0 Å². The topological polar surface area (TPSA) is 61.6 Å². The minimum Gasteiger partial charge on any atom is -0.317 e. The Kier molecular flexibility index (Phi) is 6.25. The van der Waals surface area contributed by atoms with Crippen LogP contribution in [0.25, 0.3) is 0 Å². The van der Waals surface area contributed by atoms with Gasteiger partial charge in [-0.3, -0.25) is 4.57 Å². The van der Waals surface area contributed by atoms with Gasteiger partial charge in [-0.2, -0.15) is 0 Å². The van der Waals surface area contributed by atoms with Crippen LogP contribution in [0, 0.1) is 0 Å². The van der Waals surface area contributed by atoms with E-state index in [-0.39, 0.29) is 0 Å². The van der Waals surface area contributed by atoms with E-state index in [4.69, 9.17) is 14.8 Å². The molecule has 13 heavy (non-hydrogen) atoms. The summed E-state index contributed by atoms with van der Waals surface area (Å²) in [5.74, 6) is -0.607. The lowest BCUT2D eigenvalue weighted by Gasteiger charge is -2.21. The van der Waals surface area contributed by atoms with Crippen LogP contribution in [0.1, 0.15) is 20.3 Å². The van der Waals surface area contributed by atoms with Gasteiger partial charge >= 0.3 is 7.60 Å². The molecule has 0 aromatic heterocycles. The van der Waals surface area contributed by atoms with Gasteiger partial charge in [0.25, 0.3) is 0 Å². The minimum atomic E-state index is -3.12. The second kappa shape index (κ2) is 6.33. The van der Waals surface area contributed by atoms with Crippen LogP contribution in [0.2, 0.25) is 0 Å². The molecule has 0 aliphatic heterocycles. The van der Waals surface area contributed by atoms with Gasteiger partial charge in [-0.05, 0) is 20.3 Å². The summed E-state index contributed by atoms with van der Waals surface area (Å²) in [6.45, 7) is 7.71. The maximum Gasteiger partial charge on any atom is 0.347 e. The summed E-state index contributed by atoms with van der Waals surface area (Å²) in [6.07, 6.45) is 2.03. The summed E-state index contributed by atoms with van der Waals surface area (Å²) in [7, 11) is -3.12. The van der Waals surface area contributed by atoms with Gasteiger partial charge < -0.3 is 14.8 Å². The van der Waals surface area contributed by atoms with Gasteiger partial charge in [0.2, 0.25) is 0 Å². The molecular formula is C8H18NO3P. The first-order valence-electron chi connectivity index (χ1n) is 4.36. The molecular weight excluding hydrogens is 189 g/mol. The van der Waals surface area contributed by atoms with Crippen LogP contribution in [-0.4, -0.2) is 19.0 Å².